The predicted molar refractivity (Wildman–Crippen MR) is 106 cm³/mol. The Morgan fingerprint density at radius 2 is 1.38 bits per heavy atom. The minimum Gasteiger partial charge on any atom is -0.466 e. The van der Waals surface area contributed by atoms with E-state index in [1.165, 1.54) is 32.1 Å². The molecule has 26 heavy (non-hydrogen) atoms. The van der Waals surface area contributed by atoms with Gasteiger partial charge in [-0.2, -0.15) is 0 Å². The summed E-state index contributed by atoms with van der Waals surface area (Å²) in [5, 5.41) is 3.37. The van der Waals surface area contributed by atoms with E-state index in [0.29, 0.717) is 19.6 Å². The lowest BCUT2D eigenvalue weighted by atomic mass is 10.1. The maximum absolute atomic E-state index is 12.1. The molecule has 0 aliphatic heterocycles. The van der Waals surface area contributed by atoms with Crippen LogP contribution >= 0.6 is 0 Å². The van der Waals surface area contributed by atoms with Crippen LogP contribution in [0.5, 0.6) is 0 Å². The van der Waals surface area contributed by atoms with Crippen LogP contribution in [0.15, 0.2) is 0 Å². The fourth-order valence-corrected chi connectivity index (χ4v) is 2.93. The van der Waals surface area contributed by atoms with Gasteiger partial charge in [-0.05, 0) is 39.7 Å². The van der Waals surface area contributed by atoms with Crippen LogP contribution in [0.1, 0.15) is 97.8 Å². The molecule has 0 rings (SSSR count). The molecule has 1 atom stereocenters. The molecule has 0 bridgehead atoms. The summed E-state index contributed by atoms with van der Waals surface area (Å²) >= 11 is 0. The van der Waals surface area contributed by atoms with Crippen molar-refractivity contribution in [1.82, 2.24) is 5.32 Å². The van der Waals surface area contributed by atoms with Gasteiger partial charge in [-0.1, -0.05) is 58.3 Å². The van der Waals surface area contributed by atoms with Gasteiger partial charge in [0, 0.05) is 6.42 Å². The number of esters is 2. The van der Waals surface area contributed by atoms with E-state index >= 15 is 0 Å². The number of hydrogen-bond donors (Lipinski definition) is 1. The summed E-state index contributed by atoms with van der Waals surface area (Å²) in [5.74, 6) is -0.248. The molecule has 0 aliphatic rings. The predicted octanol–water partition coefficient (Wildman–Crippen LogP) is 4.77. The van der Waals surface area contributed by atoms with Crippen LogP contribution in [0.2, 0.25) is 0 Å². The standard InChI is InChI=1S/C21H41NO4/c1-4-7-8-9-12-15-18-22-19(21(24)26-6-3)16-13-10-11-14-17-20(23)25-5-2/h19,22H,4-18H2,1-3H3. The Bertz CT molecular complexity index is 347. The van der Waals surface area contributed by atoms with Crippen molar-refractivity contribution < 1.29 is 19.1 Å². The second-order valence-corrected chi connectivity index (χ2v) is 6.78. The topological polar surface area (TPSA) is 64.6 Å². The quantitative estimate of drug-likeness (QED) is 0.278. The lowest BCUT2D eigenvalue weighted by Gasteiger charge is -2.17. The van der Waals surface area contributed by atoms with Gasteiger partial charge in [0.25, 0.3) is 0 Å². The molecule has 0 spiro atoms. The summed E-state index contributed by atoms with van der Waals surface area (Å²) in [7, 11) is 0. The lowest BCUT2D eigenvalue weighted by Crippen LogP contribution is -2.38. The largest absolute Gasteiger partial charge is 0.466 e. The summed E-state index contributed by atoms with van der Waals surface area (Å²) in [6.07, 6.45) is 12.6. The second kappa shape index (κ2) is 18.7. The highest BCUT2D eigenvalue weighted by atomic mass is 16.5. The zero-order chi connectivity index (χ0) is 19.5. The second-order valence-electron chi connectivity index (χ2n) is 6.78. The molecule has 5 nitrogen and oxygen atoms in total. The van der Waals surface area contributed by atoms with Crippen LogP contribution in [-0.4, -0.2) is 37.7 Å². The van der Waals surface area contributed by atoms with Crippen molar-refractivity contribution in [1.29, 1.82) is 0 Å². The molecule has 0 aromatic carbocycles. The van der Waals surface area contributed by atoms with Crippen LogP contribution in [-0.2, 0) is 19.1 Å². The van der Waals surface area contributed by atoms with Crippen molar-refractivity contribution in [2.75, 3.05) is 19.8 Å². The Hall–Kier alpha value is -1.10. The van der Waals surface area contributed by atoms with Crippen LogP contribution in [0.3, 0.4) is 0 Å². The van der Waals surface area contributed by atoms with Crippen molar-refractivity contribution in [3.63, 3.8) is 0 Å². The first kappa shape index (κ1) is 24.9. The molecule has 0 heterocycles. The van der Waals surface area contributed by atoms with E-state index in [9.17, 15) is 9.59 Å². The molecule has 1 N–H and O–H groups in total. The Kier molecular flexibility index (Phi) is 17.9. The molecule has 0 fully saturated rings. The molecule has 0 aromatic rings. The van der Waals surface area contributed by atoms with Crippen molar-refractivity contribution in [2.45, 2.75) is 104 Å². The van der Waals surface area contributed by atoms with Gasteiger partial charge in [0.05, 0.1) is 13.2 Å². The highest BCUT2D eigenvalue weighted by molar-refractivity contribution is 5.75. The Morgan fingerprint density at radius 3 is 2.08 bits per heavy atom. The summed E-state index contributed by atoms with van der Waals surface area (Å²) in [6.45, 7) is 7.64. The first-order chi connectivity index (χ1) is 12.7. The molecule has 0 aliphatic carbocycles. The number of carbonyl (C=O) groups excluding carboxylic acids is 2. The molecule has 1 unspecified atom stereocenters. The lowest BCUT2D eigenvalue weighted by molar-refractivity contribution is -0.146. The monoisotopic (exact) mass is 371 g/mol. The Labute approximate surface area is 160 Å². The molecular formula is C21H41NO4. The van der Waals surface area contributed by atoms with Gasteiger partial charge in [-0.15, -0.1) is 0 Å². The average Bonchev–Trinajstić information content (AvgIpc) is 2.62. The van der Waals surface area contributed by atoms with Gasteiger partial charge < -0.3 is 14.8 Å². The Morgan fingerprint density at radius 1 is 0.769 bits per heavy atom. The van der Waals surface area contributed by atoms with Gasteiger partial charge in [0.1, 0.15) is 6.04 Å². The van der Waals surface area contributed by atoms with Gasteiger partial charge in [-0.3, -0.25) is 9.59 Å². The van der Waals surface area contributed by atoms with E-state index in [-0.39, 0.29) is 18.0 Å². The number of nitrogens with one attached hydrogen (secondary N) is 1. The third-order valence-corrected chi connectivity index (χ3v) is 4.42. The van der Waals surface area contributed by atoms with Crippen molar-refractivity contribution in [3.8, 4) is 0 Å². The highest BCUT2D eigenvalue weighted by Crippen LogP contribution is 2.10. The Balaban J connectivity index is 3.86. The first-order valence-corrected chi connectivity index (χ1v) is 10.7. The summed E-state index contributed by atoms with van der Waals surface area (Å²) < 4.78 is 10.1. The maximum Gasteiger partial charge on any atom is 0.323 e. The number of ether oxygens (including phenoxy) is 2. The molecule has 0 saturated carbocycles. The third-order valence-electron chi connectivity index (χ3n) is 4.42. The number of rotatable bonds is 18. The summed E-state index contributed by atoms with van der Waals surface area (Å²) in [5.41, 5.74) is 0. The average molecular weight is 372 g/mol. The SMILES string of the molecule is CCCCCCCCNC(CCCCCCC(=O)OCC)C(=O)OCC. The first-order valence-electron chi connectivity index (χ1n) is 10.7. The molecule has 5 heteroatoms. The van der Waals surface area contributed by atoms with Gasteiger partial charge in [0.2, 0.25) is 0 Å². The van der Waals surface area contributed by atoms with Gasteiger partial charge in [-0.25, -0.2) is 0 Å². The maximum atomic E-state index is 12.1. The van der Waals surface area contributed by atoms with Gasteiger partial charge in [0.15, 0.2) is 0 Å². The van der Waals surface area contributed by atoms with E-state index in [4.69, 9.17) is 9.47 Å². The zero-order valence-electron chi connectivity index (χ0n) is 17.3. The molecule has 0 aromatic heterocycles. The van der Waals surface area contributed by atoms with Crippen LogP contribution in [0, 0.1) is 0 Å². The fraction of sp³-hybridized carbons (Fsp3) is 0.905. The van der Waals surface area contributed by atoms with Gasteiger partial charge >= 0.3 is 11.9 Å². The number of unbranched alkanes of at least 4 members (excludes halogenated alkanes) is 8. The zero-order valence-corrected chi connectivity index (χ0v) is 17.3. The molecule has 0 saturated heterocycles. The highest BCUT2D eigenvalue weighted by Gasteiger charge is 2.18. The van der Waals surface area contributed by atoms with E-state index in [0.717, 1.165) is 45.1 Å². The smallest absolute Gasteiger partial charge is 0.323 e. The molecule has 0 amide bonds. The van der Waals surface area contributed by atoms with Crippen LogP contribution in [0.4, 0.5) is 0 Å². The van der Waals surface area contributed by atoms with Crippen molar-refractivity contribution in [2.24, 2.45) is 0 Å². The number of hydrogen-bond acceptors (Lipinski definition) is 5. The van der Waals surface area contributed by atoms with Crippen molar-refractivity contribution in [3.05, 3.63) is 0 Å². The van der Waals surface area contributed by atoms with Crippen LogP contribution in [0.25, 0.3) is 0 Å². The van der Waals surface area contributed by atoms with E-state index in [1.807, 2.05) is 13.8 Å². The summed E-state index contributed by atoms with van der Waals surface area (Å²) in [4.78, 5) is 23.4. The normalized spacial score (nSPS) is 12.0. The molecule has 154 valence electrons. The fourth-order valence-electron chi connectivity index (χ4n) is 2.93. The van der Waals surface area contributed by atoms with Crippen molar-refractivity contribution >= 4 is 11.9 Å². The molecular weight excluding hydrogens is 330 g/mol. The molecule has 0 radical (unpaired) electrons. The summed E-state index contributed by atoms with van der Waals surface area (Å²) in [6, 6.07) is -0.198. The minimum absolute atomic E-state index is 0.113. The minimum atomic E-state index is -0.198. The number of carbonyl (C=O) groups is 2. The van der Waals surface area contributed by atoms with Crippen LogP contribution < -0.4 is 5.32 Å². The van der Waals surface area contributed by atoms with E-state index in [1.54, 1.807) is 0 Å². The van der Waals surface area contributed by atoms with E-state index < -0.39 is 0 Å². The van der Waals surface area contributed by atoms with E-state index in [2.05, 4.69) is 12.2 Å². The third kappa shape index (κ3) is 15.2.